The normalized spacial score (nSPS) is 12.3. The lowest BCUT2D eigenvalue weighted by Crippen LogP contribution is -2.30. The zero-order valence-electron chi connectivity index (χ0n) is 24.6. The van der Waals surface area contributed by atoms with Crippen molar-refractivity contribution in [2.75, 3.05) is 80.2 Å². The topological polar surface area (TPSA) is 89.5 Å². The molecule has 2 atom stereocenters. The molecule has 0 aliphatic carbocycles. The molecular formula is C29H44O8S4. The second kappa shape index (κ2) is 24.0. The zero-order chi connectivity index (χ0) is 30.3. The molecule has 0 heterocycles. The number of ether oxygens (including phenoxy) is 6. The van der Waals surface area contributed by atoms with Crippen LogP contribution in [0.1, 0.15) is 13.8 Å². The Morgan fingerprint density at radius 3 is 1.76 bits per heavy atom. The number of rotatable bonds is 25. The number of hydrogen-bond donors (Lipinski definition) is 0. The predicted molar refractivity (Wildman–Crippen MR) is 175 cm³/mol. The van der Waals surface area contributed by atoms with Gasteiger partial charge in [-0.1, -0.05) is 19.2 Å². The van der Waals surface area contributed by atoms with E-state index in [0.29, 0.717) is 35.2 Å². The fourth-order valence-electron chi connectivity index (χ4n) is 2.78. The smallest absolute Gasteiger partial charge is 0.333 e. The number of carbonyl (C=O) groups is 2. The van der Waals surface area contributed by atoms with Gasteiger partial charge in [-0.2, -0.15) is 35.3 Å². The van der Waals surface area contributed by atoms with Gasteiger partial charge < -0.3 is 28.4 Å². The molecule has 0 bridgehead atoms. The van der Waals surface area contributed by atoms with Crippen molar-refractivity contribution >= 4 is 59.0 Å². The van der Waals surface area contributed by atoms with Gasteiger partial charge in [-0.05, 0) is 38.5 Å². The lowest BCUT2D eigenvalue weighted by molar-refractivity contribution is -0.149. The SMILES string of the molecule is C=C(C)C(=O)OC(COCCSCCSC)COc1cccc(OCC(COCSCCSC)OC(=O)C(=C)C)c1. The van der Waals surface area contributed by atoms with E-state index in [0.717, 1.165) is 28.8 Å². The first-order valence-electron chi connectivity index (χ1n) is 13.1. The summed E-state index contributed by atoms with van der Waals surface area (Å²) in [5, 5.41) is 0. The largest absolute Gasteiger partial charge is 0.489 e. The molecule has 0 aliphatic rings. The minimum atomic E-state index is -0.605. The maximum Gasteiger partial charge on any atom is 0.333 e. The number of esters is 2. The maximum absolute atomic E-state index is 12.1. The van der Waals surface area contributed by atoms with Crippen LogP contribution >= 0.6 is 47.0 Å². The molecule has 0 amide bonds. The summed E-state index contributed by atoms with van der Waals surface area (Å²) in [7, 11) is 0. The van der Waals surface area contributed by atoms with Gasteiger partial charge in [-0.15, -0.1) is 11.8 Å². The minimum Gasteiger partial charge on any atom is -0.489 e. The third-order valence-electron chi connectivity index (χ3n) is 4.93. The van der Waals surface area contributed by atoms with E-state index in [9.17, 15) is 9.59 Å². The molecule has 2 unspecified atom stereocenters. The van der Waals surface area contributed by atoms with E-state index in [1.54, 1.807) is 61.6 Å². The van der Waals surface area contributed by atoms with E-state index in [1.165, 1.54) is 0 Å². The molecule has 8 nitrogen and oxygen atoms in total. The number of hydrogen-bond acceptors (Lipinski definition) is 12. The predicted octanol–water partition coefficient (Wildman–Crippen LogP) is 5.60. The Balaban J connectivity index is 2.65. The number of benzene rings is 1. The Labute approximate surface area is 262 Å². The van der Waals surface area contributed by atoms with Crippen molar-refractivity contribution in [3.05, 3.63) is 48.6 Å². The standard InChI is InChI=1S/C29H44O8S4/c1-22(2)28(30)36-26(17-32-10-11-40-14-12-38-5)19-34-24-8-7-9-25(16-24)35-20-27(37-29(31)23(3)4)18-33-21-41-15-13-39-6/h7-9,16,26-27H,1,3,10-15,17-21H2,2,4-6H3. The lowest BCUT2D eigenvalue weighted by atomic mass is 10.3. The van der Waals surface area contributed by atoms with Gasteiger partial charge in [0.15, 0.2) is 12.2 Å². The van der Waals surface area contributed by atoms with Gasteiger partial charge >= 0.3 is 11.9 Å². The maximum atomic E-state index is 12.1. The third-order valence-corrected chi connectivity index (χ3v) is 8.45. The second-order valence-electron chi connectivity index (χ2n) is 8.78. The van der Waals surface area contributed by atoms with Crippen LogP contribution in [0.15, 0.2) is 48.6 Å². The molecule has 0 saturated carbocycles. The average Bonchev–Trinajstić information content (AvgIpc) is 2.95. The van der Waals surface area contributed by atoms with E-state index in [2.05, 4.69) is 25.7 Å². The Morgan fingerprint density at radius 2 is 1.24 bits per heavy atom. The molecule has 0 saturated heterocycles. The van der Waals surface area contributed by atoms with Gasteiger partial charge in [0.05, 0.1) is 25.8 Å². The molecule has 0 N–H and O–H groups in total. The molecule has 41 heavy (non-hydrogen) atoms. The van der Waals surface area contributed by atoms with Crippen LogP contribution in [0.3, 0.4) is 0 Å². The number of carbonyl (C=O) groups excluding carboxylic acids is 2. The molecule has 0 spiro atoms. The van der Waals surface area contributed by atoms with E-state index in [-0.39, 0.29) is 26.4 Å². The Kier molecular flexibility index (Phi) is 22.0. The lowest BCUT2D eigenvalue weighted by Gasteiger charge is -2.20. The average molecular weight is 649 g/mol. The van der Waals surface area contributed by atoms with Crippen LogP contribution in [0.5, 0.6) is 11.5 Å². The highest BCUT2D eigenvalue weighted by atomic mass is 32.2. The number of thioether (sulfide) groups is 4. The van der Waals surface area contributed by atoms with Crippen molar-refractivity contribution in [2.45, 2.75) is 26.1 Å². The highest BCUT2D eigenvalue weighted by molar-refractivity contribution is 8.02. The summed E-state index contributed by atoms with van der Waals surface area (Å²) < 4.78 is 34.3. The Morgan fingerprint density at radius 1 is 0.732 bits per heavy atom. The highest BCUT2D eigenvalue weighted by Crippen LogP contribution is 2.21. The van der Waals surface area contributed by atoms with E-state index in [1.807, 2.05) is 23.5 Å². The quantitative estimate of drug-likeness (QED) is 0.0572. The van der Waals surface area contributed by atoms with Gasteiger partial charge in [-0.25, -0.2) is 9.59 Å². The molecule has 0 radical (unpaired) electrons. The minimum absolute atomic E-state index is 0.0968. The van der Waals surface area contributed by atoms with Gasteiger partial charge in [0.25, 0.3) is 0 Å². The third kappa shape index (κ3) is 19.4. The molecule has 1 rings (SSSR count). The molecular weight excluding hydrogens is 605 g/mol. The van der Waals surface area contributed by atoms with Gasteiger partial charge in [0.2, 0.25) is 0 Å². The van der Waals surface area contributed by atoms with Crippen LogP contribution in [0.2, 0.25) is 0 Å². The van der Waals surface area contributed by atoms with E-state index >= 15 is 0 Å². The molecule has 0 fully saturated rings. The molecule has 12 heteroatoms. The summed E-state index contributed by atoms with van der Waals surface area (Å²) in [6, 6.07) is 7.06. The van der Waals surface area contributed by atoms with Crippen molar-refractivity contribution in [1.29, 1.82) is 0 Å². The monoisotopic (exact) mass is 648 g/mol. The zero-order valence-corrected chi connectivity index (χ0v) is 27.8. The first-order chi connectivity index (χ1) is 19.8. The van der Waals surface area contributed by atoms with Gasteiger partial charge in [0, 0.05) is 46.0 Å². The van der Waals surface area contributed by atoms with Crippen LogP contribution in [-0.4, -0.2) is 104 Å². The molecule has 0 aliphatic heterocycles. The summed E-state index contributed by atoms with van der Waals surface area (Å²) >= 11 is 7.10. The van der Waals surface area contributed by atoms with Crippen LogP contribution in [-0.2, 0) is 28.5 Å². The summed E-state index contributed by atoms with van der Waals surface area (Å²) in [4.78, 5) is 24.2. The summed E-state index contributed by atoms with van der Waals surface area (Å²) in [5.74, 6) is 5.65. The van der Waals surface area contributed by atoms with Crippen molar-refractivity contribution in [2.24, 2.45) is 0 Å². The molecule has 1 aromatic rings. The molecule has 1 aromatic carbocycles. The fourth-order valence-corrected chi connectivity index (χ4v) is 5.83. The fraction of sp³-hybridized carbons (Fsp3) is 0.586. The highest BCUT2D eigenvalue weighted by Gasteiger charge is 2.18. The Hall–Kier alpha value is -1.44. The van der Waals surface area contributed by atoms with Crippen molar-refractivity contribution in [1.82, 2.24) is 0 Å². The van der Waals surface area contributed by atoms with Crippen LogP contribution in [0.25, 0.3) is 0 Å². The van der Waals surface area contributed by atoms with Crippen molar-refractivity contribution in [3.63, 3.8) is 0 Å². The van der Waals surface area contributed by atoms with Crippen LogP contribution in [0.4, 0.5) is 0 Å². The summed E-state index contributed by atoms with van der Waals surface area (Å²) in [6.07, 6.45) is 2.94. The van der Waals surface area contributed by atoms with Gasteiger partial charge in [-0.3, -0.25) is 0 Å². The van der Waals surface area contributed by atoms with E-state index in [4.69, 9.17) is 28.4 Å². The summed E-state index contributed by atoms with van der Waals surface area (Å²) in [6.45, 7) is 11.7. The second-order valence-corrected chi connectivity index (χ2v) is 13.0. The van der Waals surface area contributed by atoms with Crippen molar-refractivity contribution in [3.8, 4) is 11.5 Å². The Bertz CT molecular complexity index is 915. The molecule has 232 valence electrons. The van der Waals surface area contributed by atoms with Crippen LogP contribution in [0, 0.1) is 0 Å². The van der Waals surface area contributed by atoms with Crippen molar-refractivity contribution < 1.29 is 38.0 Å². The first kappa shape index (κ1) is 37.6. The molecule has 0 aromatic heterocycles. The summed E-state index contributed by atoms with van der Waals surface area (Å²) in [5.41, 5.74) is 0.613. The van der Waals surface area contributed by atoms with Gasteiger partial charge in [0.1, 0.15) is 24.7 Å². The van der Waals surface area contributed by atoms with Crippen LogP contribution < -0.4 is 9.47 Å². The van der Waals surface area contributed by atoms with E-state index < -0.39 is 24.1 Å². The first-order valence-corrected chi connectivity index (χ1v) is 18.2.